The van der Waals surface area contributed by atoms with E-state index in [1.165, 1.54) is 22.8 Å². The van der Waals surface area contributed by atoms with E-state index in [1.807, 2.05) is 48.5 Å². The molecule has 0 amide bonds. The monoisotopic (exact) mass is 436 g/mol. The van der Waals surface area contributed by atoms with Crippen LogP contribution in [-0.2, 0) is 13.0 Å². The van der Waals surface area contributed by atoms with Crippen LogP contribution < -0.4 is 15.2 Å². The molecule has 3 rings (SSSR count). The lowest BCUT2D eigenvalue weighted by Crippen LogP contribution is -2.23. The van der Waals surface area contributed by atoms with Crippen LogP contribution in [0.3, 0.4) is 0 Å². The van der Waals surface area contributed by atoms with Crippen LogP contribution in [0.25, 0.3) is 12.7 Å². The SMILES string of the molecule is C=c1cccc(Br)/c1=C/CC.CCCc1ccc(OCc2ccccc2)cc1. The molecule has 1 nitrogen and oxygen atoms in total. The summed E-state index contributed by atoms with van der Waals surface area (Å²) < 4.78 is 6.86. The first-order valence-electron chi connectivity index (χ1n) is 9.83. The van der Waals surface area contributed by atoms with Gasteiger partial charge in [-0.25, -0.2) is 0 Å². The Morgan fingerprint density at radius 2 is 1.57 bits per heavy atom. The molecule has 28 heavy (non-hydrogen) atoms. The molecule has 3 aromatic carbocycles. The second-order valence-corrected chi connectivity index (χ2v) is 7.45. The van der Waals surface area contributed by atoms with Crippen LogP contribution in [-0.4, -0.2) is 0 Å². The van der Waals surface area contributed by atoms with Crippen molar-refractivity contribution in [1.82, 2.24) is 0 Å². The van der Waals surface area contributed by atoms with Crippen LogP contribution in [0.2, 0.25) is 0 Å². The highest BCUT2D eigenvalue weighted by Crippen LogP contribution is 2.15. The lowest BCUT2D eigenvalue weighted by atomic mass is 10.1. The fourth-order valence-corrected chi connectivity index (χ4v) is 3.37. The fourth-order valence-electron chi connectivity index (χ4n) is 2.80. The zero-order valence-electron chi connectivity index (χ0n) is 16.8. The summed E-state index contributed by atoms with van der Waals surface area (Å²) in [7, 11) is 0. The van der Waals surface area contributed by atoms with Crippen molar-refractivity contribution in [2.45, 2.75) is 39.7 Å². The van der Waals surface area contributed by atoms with Crippen molar-refractivity contribution in [3.8, 4) is 5.75 Å². The van der Waals surface area contributed by atoms with Gasteiger partial charge in [0.15, 0.2) is 0 Å². The van der Waals surface area contributed by atoms with E-state index in [2.05, 4.69) is 66.7 Å². The van der Waals surface area contributed by atoms with Crippen molar-refractivity contribution in [3.05, 3.63) is 98.8 Å². The number of halogens is 1. The quantitative estimate of drug-likeness (QED) is 0.442. The van der Waals surface area contributed by atoms with Gasteiger partial charge in [-0.05, 0) is 52.6 Å². The van der Waals surface area contributed by atoms with Gasteiger partial charge in [0.05, 0.1) is 0 Å². The largest absolute Gasteiger partial charge is 0.489 e. The van der Waals surface area contributed by atoms with Crippen molar-refractivity contribution in [2.24, 2.45) is 0 Å². The van der Waals surface area contributed by atoms with Gasteiger partial charge in [0.2, 0.25) is 0 Å². The highest BCUT2D eigenvalue weighted by molar-refractivity contribution is 9.10. The lowest BCUT2D eigenvalue weighted by molar-refractivity contribution is 0.306. The molecule has 0 aliphatic heterocycles. The highest BCUT2D eigenvalue weighted by Gasteiger charge is 1.96. The van der Waals surface area contributed by atoms with Crippen LogP contribution in [0.4, 0.5) is 0 Å². The van der Waals surface area contributed by atoms with E-state index in [9.17, 15) is 0 Å². The van der Waals surface area contributed by atoms with Gasteiger partial charge in [-0.1, -0.05) is 103 Å². The fraction of sp³-hybridized carbons (Fsp3) is 0.231. The maximum absolute atomic E-state index is 5.73. The van der Waals surface area contributed by atoms with E-state index in [0.717, 1.165) is 28.3 Å². The molecule has 0 aromatic heterocycles. The van der Waals surface area contributed by atoms with Crippen molar-refractivity contribution < 1.29 is 4.74 Å². The minimum Gasteiger partial charge on any atom is -0.489 e. The Balaban J connectivity index is 0.000000221. The third kappa shape index (κ3) is 7.36. The minimum absolute atomic E-state index is 0.633. The number of aryl methyl sites for hydroxylation is 1. The lowest BCUT2D eigenvalue weighted by Gasteiger charge is -2.07. The van der Waals surface area contributed by atoms with Crippen LogP contribution in [0, 0.1) is 0 Å². The number of ether oxygens (including phenoxy) is 1. The molecule has 0 fully saturated rings. The smallest absolute Gasteiger partial charge is 0.119 e. The highest BCUT2D eigenvalue weighted by atomic mass is 79.9. The molecule has 0 aliphatic rings. The van der Waals surface area contributed by atoms with Gasteiger partial charge in [0.25, 0.3) is 0 Å². The average molecular weight is 437 g/mol. The second-order valence-electron chi connectivity index (χ2n) is 6.59. The van der Waals surface area contributed by atoms with E-state index in [1.54, 1.807) is 0 Å². The van der Waals surface area contributed by atoms with Crippen LogP contribution >= 0.6 is 15.9 Å². The summed E-state index contributed by atoms with van der Waals surface area (Å²) >= 11 is 3.48. The number of rotatable bonds is 6. The van der Waals surface area contributed by atoms with Gasteiger partial charge in [0, 0.05) is 4.47 Å². The predicted octanol–water partition coefficient (Wildman–Crippen LogP) is 6.27. The predicted molar refractivity (Wildman–Crippen MR) is 125 cm³/mol. The van der Waals surface area contributed by atoms with E-state index >= 15 is 0 Å². The molecule has 0 radical (unpaired) electrons. The maximum atomic E-state index is 5.73. The Kier molecular flexibility index (Phi) is 9.57. The van der Waals surface area contributed by atoms with Gasteiger partial charge in [0.1, 0.15) is 12.4 Å². The Labute approximate surface area is 177 Å². The molecule has 0 unspecified atom stereocenters. The number of hydrogen-bond donors (Lipinski definition) is 0. The molecule has 0 N–H and O–H groups in total. The van der Waals surface area contributed by atoms with Gasteiger partial charge < -0.3 is 4.74 Å². The third-order valence-corrected chi connectivity index (χ3v) is 4.95. The van der Waals surface area contributed by atoms with Gasteiger partial charge in [-0.3, -0.25) is 0 Å². The van der Waals surface area contributed by atoms with Crippen molar-refractivity contribution in [3.63, 3.8) is 0 Å². The van der Waals surface area contributed by atoms with Crippen molar-refractivity contribution in [2.75, 3.05) is 0 Å². The summed E-state index contributed by atoms with van der Waals surface area (Å²) in [6.07, 6.45) is 5.54. The van der Waals surface area contributed by atoms with Crippen LogP contribution in [0.5, 0.6) is 5.75 Å². The Morgan fingerprint density at radius 3 is 2.18 bits per heavy atom. The third-order valence-electron chi connectivity index (χ3n) is 4.26. The second kappa shape index (κ2) is 12.2. The zero-order chi connectivity index (χ0) is 20.2. The summed E-state index contributed by atoms with van der Waals surface area (Å²) in [6, 6.07) is 24.7. The molecule has 146 valence electrons. The maximum Gasteiger partial charge on any atom is 0.119 e. The van der Waals surface area contributed by atoms with E-state index in [0.29, 0.717) is 6.61 Å². The summed E-state index contributed by atoms with van der Waals surface area (Å²) in [5, 5.41) is 2.30. The molecular weight excluding hydrogens is 408 g/mol. The average Bonchev–Trinajstić information content (AvgIpc) is 2.72. The summed E-state index contributed by atoms with van der Waals surface area (Å²) in [5.41, 5.74) is 2.57. The first-order valence-corrected chi connectivity index (χ1v) is 10.6. The molecule has 0 bridgehead atoms. The Hall–Kier alpha value is -2.32. The molecule has 0 aliphatic carbocycles. The summed E-state index contributed by atoms with van der Waals surface area (Å²) in [4.78, 5) is 0. The molecule has 0 atom stereocenters. The Bertz CT molecular complexity index is 930. The van der Waals surface area contributed by atoms with E-state index in [-0.39, 0.29) is 0 Å². The molecular formula is C26H29BrO. The first-order chi connectivity index (χ1) is 13.6. The molecule has 2 heteroatoms. The van der Waals surface area contributed by atoms with Crippen molar-refractivity contribution in [1.29, 1.82) is 0 Å². The van der Waals surface area contributed by atoms with E-state index in [4.69, 9.17) is 4.74 Å². The summed E-state index contributed by atoms with van der Waals surface area (Å²) in [5.74, 6) is 0.939. The van der Waals surface area contributed by atoms with Crippen LogP contribution in [0.15, 0.2) is 77.3 Å². The van der Waals surface area contributed by atoms with Gasteiger partial charge in [-0.2, -0.15) is 0 Å². The minimum atomic E-state index is 0.633. The van der Waals surface area contributed by atoms with Crippen molar-refractivity contribution >= 4 is 28.6 Å². The number of hydrogen-bond acceptors (Lipinski definition) is 1. The van der Waals surface area contributed by atoms with Gasteiger partial charge in [-0.15, -0.1) is 0 Å². The molecule has 0 spiro atoms. The first kappa shape index (κ1) is 22.0. The molecule has 3 aromatic rings. The summed E-state index contributed by atoms with van der Waals surface area (Å²) in [6.45, 7) is 8.89. The topological polar surface area (TPSA) is 9.23 Å². The normalized spacial score (nSPS) is 10.9. The molecule has 0 saturated carbocycles. The van der Waals surface area contributed by atoms with E-state index < -0.39 is 0 Å². The molecule has 0 saturated heterocycles. The number of benzene rings is 3. The van der Waals surface area contributed by atoms with Gasteiger partial charge >= 0.3 is 0 Å². The Morgan fingerprint density at radius 1 is 0.857 bits per heavy atom. The zero-order valence-corrected chi connectivity index (χ0v) is 18.4. The molecule has 0 heterocycles. The van der Waals surface area contributed by atoms with Crippen LogP contribution in [0.1, 0.15) is 37.8 Å². The standard InChI is InChI=1S/C16H18O.C10H11Br/c1-2-6-14-9-11-16(12-10-14)17-13-15-7-4-3-5-8-15;1-3-5-9-8(2)6-4-7-10(9)11/h3-5,7-12H,2,6,13H2,1H3;4-7H,2-3H2,1H3/b;9-5+.